The Labute approximate surface area is 164 Å². The molecule has 3 heteroatoms. The molecule has 4 rings (SSSR count). The molecule has 2 bridgehead atoms. The molecule has 0 aromatic heterocycles. The third-order valence-corrected chi connectivity index (χ3v) is 8.10. The fourth-order valence-electron chi connectivity index (χ4n) is 6.57. The average molecular weight is 371 g/mol. The Morgan fingerprint density at radius 2 is 1.81 bits per heavy atom. The lowest BCUT2D eigenvalue weighted by Gasteiger charge is -2.56. The molecule has 4 unspecified atom stereocenters. The van der Waals surface area contributed by atoms with Crippen molar-refractivity contribution in [2.24, 2.45) is 23.0 Å². The van der Waals surface area contributed by atoms with Crippen LogP contribution in [0.5, 0.6) is 0 Å². The first-order valence-corrected chi connectivity index (χ1v) is 10.9. The summed E-state index contributed by atoms with van der Waals surface area (Å²) in [6.45, 7) is 7.02. The van der Waals surface area contributed by atoms with Gasteiger partial charge in [0.05, 0.1) is 4.99 Å². The van der Waals surface area contributed by atoms with Gasteiger partial charge in [0, 0.05) is 24.5 Å². The molecule has 1 saturated heterocycles. The third-order valence-electron chi connectivity index (χ3n) is 7.35. The van der Waals surface area contributed by atoms with E-state index in [-0.39, 0.29) is 5.41 Å². The zero-order valence-corrected chi connectivity index (χ0v) is 17.2. The first-order chi connectivity index (χ1) is 12.4. The largest absolute Gasteiger partial charge is 0.366 e. The standard InChI is InChI=1S/C23H34N2S/c1-17-12-18-14-22(2,21(26)25-10-8-20(24)9-11-25)16-23(13-17,15-18)19-6-4-3-5-7-19/h3-7,17-18,20H,8-16,24H2,1-2H3. The number of piperidine rings is 1. The number of thiocarbonyl (C=S) groups is 1. The van der Waals surface area contributed by atoms with Gasteiger partial charge in [-0.25, -0.2) is 0 Å². The van der Waals surface area contributed by atoms with E-state index in [4.69, 9.17) is 18.0 Å². The van der Waals surface area contributed by atoms with Gasteiger partial charge in [0.2, 0.25) is 0 Å². The summed E-state index contributed by atoms with van der Waals surface area (Å²) in [7, 11) is 0. The third kappa shape index (κ3) is 3.33. The number of hydrogen-bond acceptors (Lipinski definition) is 2. The average Bonchev–Trinajstić information content (AvgIpc) is 2.61. The van der Waals surface area contributed by atoms with Crippen molar-refractivity contribution in [3.8, 4) is 0 Å². The second-order valence-electron chi connectivity index (χ2n) is 9.83. The van der Waals surface area contributed by atoms with Gasteiger partial charge >= 0.3 is 0 Å². The second kappa shape index (κ2) is 6.91. The highest BCUT2D eigenvalue weighted by molar-refractivity contribution is 7.80. The van der Waals surface area contributed by atoms with Gasteiger partial charge in [-0.2, -0.15) is 0 Å². The van der Waals surface area contributed by atoms with Gasteiger partial charge in [-0.3, -0.25) is 0 Å². The molecule has 3 aliphatic rings. The number of fused-ring (bicyclic) bond motifs is 2. The minimum absolute atomic E-state index is 0.148. The van der Waals surface area contributed by atoms with Crippen LogP contribution in [0.15, 0.2) is 30.3 Å². The molecule has 0 amide bonds. The number of benzene rings is 1. The predicted molar refractivity (Wildman–Crippen MR) is 113 cm³/mol. The Kier molecular flexibility index (Phi) is 4.90. The summed E-state index contributed by atoms with van der Waals surface area (Å²) in [4.78, 5) is 3.71. The predicted octanol–water partition coefficient (Wildman–Crippen LogP) is 4.91. The molecule has 1 aromatic carbocycles. The lowest BCUT2D eigenvalue weighted by molar-refractivity contribution is 0.0491. The summed E-state index contributed by atoms with van der Waals surface area (Å²) in [6, 6.07) is 11.7. The number of hydrogen-bond donors (Lipinski definition) is 1. The molecule has 2 nitrogen and oxygen atoms in total. The van der Waals surface area contributed by atoms with E-state index in [0.29, 0.717) is 11.5 Å². The van der Waals surface area contributed by atoms with Crippen LogP contribution in [-0.2, 0) is 5.41 Å². The number of nitrogens with two attached hydrogens (primary N) is 1. The van der Waals surface area contributed by atoms with Crippen LogP contribution in [0.1, 0.15) is 64.4 Å². The normalized spacial score (nSPS) is 38.2. The van der Waals surface area contributed by atoms with E-state index >= 15 is 0 Å². The Bertz CT molecular complexity index is 647. The molecule has 142 valence electrons. The highest BCUT2D eigenvalue weighted by Gasteiger charge is 2.52. The summed E-state index contributed by atoms with van der Waals surface area (Å²) in [5.41, 5.74) is 8.13. The Balaban J connectivity index is 1.63. The quantitative estimate of drug-likeness (QED) is 0.750. The van der Waals surface area contributed by atoms with Crippen LogP contribution in [0.2, 0.25) is 0 Å². The maximum atomic E-state index is 6.14. The van der Waals surface area contributed by atoms with Crippen LogP contribution in [0.25, 0.3) is 0 Å². The van der Waals surface area contributed by atoms with Gasteiger partial charge in [0.25, 0.3) is 0 Å². The van der Waals surface area contributed by atoms with Crippen molar-refractivity contribution < 1.29 is 0 Å². The van der Waals surface area contributed by atoms with Gasteiger partial charge in [-0.1, -0.05) is 56.4 Å². The van der Waals surface area contributed by atoms with Gasteiger partial charge in [-0.15, -0.1) is 0 Å². The minimum Gasteiger partial charge on any atom is -0.366 e. The van der Waals surface area contributed by atoms with Gasteiger partial charge in [0.15, 0.2) is 0 Å². The van der Waals surface area contributed by atoms with Gasteiger partial charge in [-0.05, 0) is 67.8 Å². The summed E-state index contributed by atoms with van der Waals surface area (Å²) in [5, 5.41) is 0. The summed E-state index contributed by atoms with van der Waals surface area (Å²) in [6.07, 6.45) is 8.69. The molecule has 4 atom stereocenters. The number of likely N-dealkylation sites (tertiary alicyclic amines) is 1. The Morgan fingerprint density at radius 1 is 1.12 bits per heavy atom. The van der Waals surface area contributed by atoms with E-state index in [1.54, 1.807) is 5.56 Å². The molecule has 1 aliphatic heterocycles. The topological polar surface area (TPSA) is 29.3 Å². The van der Waals surface area contributed by atoms with Crippen molar-refractivity contribution in [1.29, 1.82) is 0 Å². The molecule has 1 heterocycles. The molecule has 1 aromatic rings. The van der Waals surface area contributed by atoms with Crippen molar-refractivity contribution in [1.82, 2.24) is 4.90 Å². The monoisotopic (exact) mass is 370 g/mol. The summed E-state index contributed by atoms with van der Waals surface area (Å²) in [5.74, 6) is 1.63. The van der Waals surface area contributed by atoms with E-state index < -0.39 is 0 Å². The van der Waals surface area contributed by atoms with E-state index in [2.05, 4.69) is 49.1 Å². The van der Waals surface area contributed by atoms with E-state index in [0.717, 1.165) is 37.8 Å². The van der Waals surface area contributed by atoms with Gasteiger partial charge < -0.3 is 10.6 Å². The fourth-order valence-corrected chi connectivity index (χ4v) is 6.91. The summed E-state index contributed by atoms with van der Waals surface area (Å²) >= 11 is 6.14. The zero-order valence-electron chi connectivity index (χ0n) is 16.4. The minimum atomic E-state index is 0.148. The first-order valence-electron chi connectivity index (χ1n) is 10.5. The van der Waals surface area contributed by atoms with Crippen molar-refractivity contribution in [3.63, 3.8) is 0 Å². The van der Waals surface area contributed by atoms with Crippen LogP contribution in [0.4, 0.5) is 0 Å². The highest BCUT2D eigenvalue weighted by atomic mass is 32.1. The molecule has 0 spiro atoms. The Morgan fingerprint density at radius 3 is 2.50 bits per heavy atom. The zero-order chi connectivity index (χ0) is 18.4. The molecule has 2 N–H and O–H groups in total. The van der Waals surface area contributed by atoms with Gasteiger partial charge in [0.1, 0.15) is 0 Å². The lowest BCUT2D eigenvalue weighted by atomic mass is 9.50. The first kappa shape index (κ1) is 18.4. The van der Waals surface area contributed by atoms with E-state index in [9.17, 15) is 0 Å². The second-order valence-corrected chi connectivity index (χ2v) is 10.2. The van der Waals surface area contributed by atoms with E-state index in [1.165, 1.54) is 37.1 Å². The number of nitrogens with zero attached hydrogens (tertiary/aromatic N) is 1. The maximum absolute atomic E-state index is 6.14. The molecular formula is C23H34N2S. The molecular weight excluding hydrogens is 336 g/mol. The van der Waals surface area contributed by atoms with Crippen LogP contribution in [0.3, 0.4) is 0 Å². The number of rotatable bonds is 2. The molecule has 2 aliphatic carbocycles. The fraction of sp³-hybridized carbons (Fsp3) is 0.696. The molecule has 0 radical (unpaired) electrons. The molecule has 3 fully saturated rings. The highest BCUT2D eigenvalue weighted by Crippen LogP contribution is 2.58. The lowest BCUT2D eigenvalue weighted by Crippen LogP contribution is -2.54. The van der Waals surface area contributed by atoms with E-state index in [1.807, 2.05) is 0 Å². The smallest absolute Gasteiger partial charge is 0.0839 e. The Hall–Kier alpha value is -0.930. The van der Waals surface area contributed by atoms with Crippen LogP contribution >= 0.6 is 12.2 Å². The maximum Gasteiger partial charge on any atom is 0.0839 e. The van der Waals surface area contributed by atoms with Crippen LogP contribution < -0.4 is 5.73 Å². The van der Waals surface area contributed by atoms with Crippen molar-refractivity contribution in [3.05, 3.63) is 35.9 Å². The van der Waals surface area contributed by atoms with Crippen molar-refractivity contribution in [2.75, 3.05) is 13.1 Å². The van der Waals surface area contributed by atoms with Crippen LogP contribution in [0, 0.1) is 17.3 Å². The molecule has 26 heavy (non-hydrogen) atoms. The van der Waals surface area contributed by atoms with Crippen molar-refractivity contribution >= 4 is 17.2 Å². The summed E-state index contributed by atoms with van der Waals surface area (Å²) < 4.78 is 0. The SMILES string of the molecule is CC1CC2CC(C)(C(=S)N3CCC(N)CC3)CC(c3ccccc3)(C1)C2. The van der Waals surface area contributed by atoms with Crippen molar-refractivity contribution in [2.45, 2.75) is 70.3 Å². The molecule has 2 saturated carbocycles. The van der Waals surface area contributed by atoms with Crippen LogP contribution in [-0.4, -0.2) is 29.0 Å².